The molecule has 0 saturated carbocycles. The molecule has 0 amide bonds. The topological polar surface area (TPSA) is 81.5 Å². The lowest BCUT2D eigenvalue weighted by atomic mass is 10.1. The largest absolute Gasteiger partial charge is 0.485 e. The summed E-state index contributed by atoms with van der Waals surface area (Å²) < 4.78 is 15.7. The lowest BCUT2D eigenvalue weighted by Gasteiger charge is -2.09. The molecule has 22 heavy (non-hydrogen) atoms. The highest BCUT2D eigenvalue weighted by Crippen LogP contribution is 2.21. The van der Waals surface area contributed by atoms with Crippen LogP contribution in [0.15, 0.2) is 51.8 Å². The molecule has 0 aliphatic carbocycles. The molecule has 0 aliphatic rings. The third-order valence-corrected chi connectivity index (χ3v) is 3.26. The fraction of sp³-hybridized carbons (Fsp3) is 0.250. The first-order chi connectivity index (χ1) is 10.8. The van der Waals surface area contributed by atoms with Gasteiger partial charge in [-0.3, -0.25) is 0 Å². The zero-order valence-corrected chi connectivity index (χ0v) is 12.1. The van der Waals surface area contributed by atoms with Crippen molar-refractivity contribution in [2.24, 2.45) is 0 Å². The number of aromatic nitrogens is 2. The number of hydrogen-bond acceptors (Lipinski definition) is 6. The van der Waals surface area contributed by atoms with Gasteiger partial charge in [-0.05, 0) is 30.2 Å². The smallest absolute Gasteiger partial charge is 0.261 e. The second-order valence-corrected chi connectivity index (χ2v) is 4.81. The number of aliphatic hydroxyl groups is 1. The minimum atomic E-state index is -0.441. The van der Waals surface area contributed by atoms with E-state index in [2.05, 4.69) is 10.1 Å². The highest BCUT2D eigenvalue weighted by molar-refractivity contribution is 5.49. The molecule has 0 fully saturated rings. The second kappa shape index (κ2) is 6.44. The minimum Gasteiger partial charge on any atom is -0.485 e. The predicted molar refractivity (Wildman–Crippen MR) is 78.0 cm³/mol. The average molecular weight is 300 g/mol. The summed E-state index contributed by atoms with van der Waals surface area (Å²) in [6.07, 6.45) is 3.32. The van der Waals surface area contributed by atoms with E-state index in [1.807, 2.05) is 31.2 Å². The van der Waals surface area contributed by atoms with Crippen molar-refractivity contribution in [3.05, 3.63) is 54.2 Å². The molecule has 6 heteroatoms. The van der Waals surface area contributed by atoms with Crippen LogP contribution in [-0.4, -0.2) is 15.2 Å². The molecule has 0 spiro atoms. The van der Waals surface area contributed by atoms with Gasteiger partial charge in [0, 0.05) is 0 Å². The fourth-order valence-electron chi connectivity index (χ4n) is 1.99. The zero-order chi connectivity index (χ0) is 15.4. The Kier molecular flexibility index (Phi) is 4.20. The van der Waals surface area contributed by atoms with Gasteiger partial charge in [0.2, 0.25) is 5.82 Å². The van der Waals surface area contributed by atoms with Crippen LogP contribution >= 0.6 is 0 Å². The summed E-state index contributed by atoms with van der Waals surface area (Å²) in [6.45, 7) is 2.14. The fourth-order valence-corrected chi connectivity index (χ4v) is 1.99. The summed E-state index contributed by atoms with van der Waals surface area (Å²) in [6, 6.07) is 9.06. The monoisotopic (exact) mass is 300 g/mol. The molecular formula is C16H16N2O4. The van der Waals surface area contributed by atoms with Crippen LogP contribution in [0.25, 0.3) is 11.5 Å². The third-order valence-electron chi connectivity index (χ3n) is 3.26. The highest BCUT2D eigenvalue weighted by atomic mass is 16.5. The predicted octanol–water partition coefficient (Wildman–Crippen LogP) is 3.35. The molecule has 114 valence electrons. The molecule has 6 nitrogen and oxygen atoms in total. The number of benzene rings is 1. The number of hydrogen-bond donors (Lipinski definition) is 1. The van der Waals surface area contributed by atoms with Crippen molar-refractivity contribution in [3.8, 4) is 17.2 Å². The van der Waals surface area contributed by atoms with E-state index < -0.39 is 6.10 Å². The lowest BCUT2D eigenvalue weighted by molar-refractivity contribution is 0.173. The van der Waals surface area contributed by atoms with Crippen molar-refractivity contribution in [3.63, 3.8) is 0 Å². The molecule has 1 aromatic carbocycles. The van der Waals surface area contributed by atoms with E-state index in [0.29, 0.717) is 23.9 Å². The van der Waals surface area contributed by atoms with Crippen LogP contribution < -0.4 is 4.74 Å². The van der Waals surface area contributed by atoms with Gasteiger partial charge >= 0.3 is 0 Å². The number of nitrogens with zero attached hydrogens (tertiary/aromatic N) is 2. The molecule has 1 atom stereocenters. The van der Waals surface area contributed by atoms with Crippen molar-refractivity contribution < 1.29 is 18.8 Å². The van der Waals surface area contributed by atoms with Crippen LogP contribution in [0, 0.1) is 0 Å². The maximum atomic E-state index is 9.74. The number of furan rings is 1. The first kappa shape index (κ1) is 14.3. The Bertz CT molecular complexity index is 704. The average Bonchev–Trinajstić information content (AvgIpc) is 3.23. The Labute approximate surface area is 127 Å². The van der Waals surface area contributed by atoms with Gasteiger partial charge in [0.05, 0.1) is 17.9 Å². The maximum absolute atomic E-state index is 9.74. The van der Waals surface area contributed by atoms with Crippen LogP contribution in [-0.2, 0) is 6.61 Å². The van der Waals surface area contributed by atoms with Gasteiger partial charge in [-0.15, -0.1) is 0 Å². The number of aliphatic hydroxyl groups excluding tert-OH is 1. The van der Waals surface area contributed by atoms with E-state index in [4.69, 9.17) is 13.7 Å². The molecule has 2 aromatic heterocycles. The summed E-state index contributed by atoms with van der Waals surface area (Å²) in [5.74, 6) is 1.53. The van der Waals surface area contributed by atoms with E-state index in [1.54, 1.807) is 12.3 Å². The Morgan fingerprint density at radius 2 is 2.05 bits per heavy atom. The first-order valence-electron chi connectivity index (χ1n) is 7.02. The lowest BCUT2D eigenvalue weighted by Crippen LogP contribution is -1.99. The SMILES string of the molecule is CC[C@@H](O)c1ccc(OCc2noc(-c3ccoc3)n2)cc1. The molecule has 0 unspecified atom stereocenters. The Balaban J connectivity index is 1.61. The van der Waals surface area contributed by atoms with Crippen LogP contribution in [0.2, 0.25) is 0 Å². The molecule has 2 heterocycles. The molecular weight excluding hydrogens is 284 g/mol. The summed E-state index contributed by atoms with van der Waals surface area (Å²) in [5, 5.41) is 13.6. The highest BCUT2D eigenvalue weighted by Gasteiger charge is 2.10. The number of rotatable bonds is 6. The van der Waals surface area contributed by atoms with Gasteiger partial charge in [0.15, 0.2) is 6.61 Å². The Morgan fingerprint density at radius 3 is 2.73 bits per heavy atom. The van der Waals surface area contributed by atoms with Crippen molar-refractivity contribution in [2.45, 2.75) is 26.1 Å². The standard InChI is InChI=1S/C16H16N2O4/c1-2-14(19)11-3-5-13(6-4-11)21-10-15-17-16(22-18-15)12-7-8-20-9-12/h3-9,14,19H,2,10H2,1H3/t14-/m1/s1. The van der Waals surface area contributed by atoms with E-state index in [-0.39, 0.29) is 6.61 Å². The normalized spacial score (nSPS) is 12.3. The molecule has 3 rings (SSSR count). The van der Waals surface area contributed by atoms with E-state index >= 15 is 0 Å². The van der Waals surface area contributed by atoms with Crippen molar-refractivity contribution >= 4 is 0 Å². The zero-order valence-electron chi connectivity index (χ0n) is 12.1. The molecule has 0 saturated heterocycles. The molecule has 1 N–H and O–H groups in total. The van der Waals surface area contributed by atoms with Crippen molar-refractivity contribution in [1.29, 1.82) is 0 Å². The first-order valence-corrected chi connectivity index (χ1v) is 7.02. The van der Waals surface area contributed by atoms with Gasteiger partial charge in [-0.25, -0.2) is 0 Å². The van der Waals surface area contributed by atoms with E-state index in [0.717, 1.165) is 11.1 Å². The van der Waals surface area contributed by atoms with Gasteiger partial charge in [0.25, 0.3) is 5.89 Å². The molecule has 3 aromatic rings. The van der Waals surface area contributed by atoms with E-state index in [9.17, 15) is 5.11 Å². The third kappa shape index (κ3) is 3.17. The van der Waals surface area contributed by atoms with Crippen LogP contribution in [0.1, 0.15) is 30.8 Å². The molecule has 0 radical (unpaired) electrons. The summed E-state index contributed by atoms with van der Waals surface area (Å²) in [7, 11) is 0. The van der Waals surface area contributed by atoms with E-state index in [1.165, 1.54) is 6.26 Å². The van der Waals surface area contributed by atoms with Gasteiger partial charge in [-0.1, -0.05) is 24.2 Å². The van der Waals surface area contributed by atoms with Crippen LogP contribution in [0.5, 0.6) is 5.75 Å². The van der Waals surface area contributed by atoms with Gasteiger partial charge in [0.1, 0.15) is 12.0 Å². The summed E-state index contributed by atoms with van der Waals surface area (Å²) in [4.78, 5) is 4.22. The molecule has 0 bridgehead atoms. The molecule has 0 aliphatic heterocycles. The Morgan fingerprint density at radius 1 is 1.23 bits per heavy atom. The van der Waals surface area contributed by atoms with Gasteiger partial charge in [-0.2, -0.15) is 4.98 Å². The van der Waals surface area contributed by atoms with Crippen LogP contribution in [0.3, 0.4) is 0 Å². The second-order valence-electron chi connectivity index (χ2n) is 4.81. The Hall–Kier alpha value is -2.60. The minimum absolute atomic E-state index is 0.205. The van der Waals surface area contributed by atoms with Gasteiger partial charge < -0.3 is 18.8 Å². The summed E-state index contributed by atoms with van der Waals surface area (Å²) in [5.41, 5.74) is 1.60. The van der Waals surface area contributed by atoms with Crippen molar-refractivity contribution in [1.82, 2.24) is 10.1 Å². The maximum Gasteiger partial charge on any atom is 0.261 e. The van der Waals surface area contributed by atoms with Crippen LogP contribution in [0.4, 0.5) is 0 Å². The quantitative estimate of drug-likeness (QED) is 0.751. The number of ether oxygens (including phenoxy) is 1. The summed E-state index contributed by atoms with van der Waals surface area (Å²) >= 11 is 0. The van der Waals surface area contributed by atoms with Crippen molar-refractivity contribution in [2.75, 3.05) is 0 Å².